The summed E-state index contributed by atoms with van der Waals surface area (Å²) in [5.74, 6) is 0.843. The van der Waals surface area contributed by atoms with E-state index in [1.165, 1.54) is 49.3 Å². The second-order valence-electron chi connectivity index (χ2n) is 13.7. The van der Waals surface area contributed by atoms with Gasteiger partial charge in [0.05, 0.1) is 6.54 Å². The van der Waals surface area contributed by atoms with E-state index in [0.717, 1.165) is 25.3 Å². The number of nitrogens with zero attached hydrogens (tertiary/aromatic N) is 1. The molecule has 1 spiro atoms. The maximum Gasteiger partial charge on any atom is 0.216 e. The number of aryl methyl sites for hydroxylation is 2. The first-order valence-corrected chi connectivity index (χ1v) is 16.3. The van der Waals surface area contributed by atoms with Gasteiger partial charge in [0, 0.05) is 11.0 Å². The molecule has 0 bridgehead atoms. The highest BCUT2D eigenvalue weighted by Crippen LogP contribution is 2.64. The van der Waals surface area contributed by atoms with Gasteiger partial charge in [-0.3, -0.25) is 0 Å². The summed E-state index contributed by atoms with van der Waals surface area (Å²) in [6, 6.07) is 32.3. The third kappa shape index (κ3) is 4.13. The normalized spacial score (nSPS) is 21.6. The maximum absolute atomic E-state index is 6.22. The molecule has 1 unspecified atom stereocenters. The van der Waals surface area contributed by atoms with Crippen molar-refractivity contribution >= 4 is 29.7 Å². The minimum atomic E-state index is -0.756. The second-order valence-corrected chi connectivity index (χ2v) is 15.9. The Morgan fingerprint density at radius 1 is 0.683 bits per heavy atom. The van der Waals surface area contributed by atoms with E-state index in [1.54, 1.807) is 5.56 Å². The van der Waals surface area contributed by atoms with Crippen LogP contribution < -0.4 is 15.9 Å². The van der Waals surface area contributed by atoms with Crippen LogP contribution in [0.1, 0.15) is 79.5 Å². The molecule has 0 saturated heterocycles. The number of fused-ring (bicyclic) bond motifs is 4. The molecule has 0 amide bonds. The third-order valence-electron chi connectivity index (χ3n) is 9.53. The standard InChI is InChI=1S/C38H40NOP/c1-25-19-29(35-39-17-18-40-35)33-30(20-25)36(3,4)23-38(33)24-37(5,6)31-21-26(2)22-32(34(31)38)41(27-13-9-7-10-14-27)28-15-11-8-12-16-28/h7-16,19-22H,17-18,23-24H2,1-6H3. The van der Waals surface area contributed by atoms with Crippen LogP contribution in [-0.2, 0) is 21.0 Å². The van der Waals surface area contributed by atoms with E-state index in [0.29, 0.717) is 6.61 Å². The number of hydrogen-bond acceptors (Lipinski definition) is 2. The van der Waals surface area contributed by atoms with Crippen molar-refractivity contribution in [2.45, 2.75) is 70.6 Å². The molecule has 0 aromatic heterocycles. The Kier molecular flexibility index (Phi) is 6.11. The molecule has 1 aliphatic heterocycles. The summed E-state index contributed by atoms with van der Waals surface area (Å²) in [6.07, 6.45) is 2.19. The highest BCUT2D eigenvalue weighted by Gasteiger charge is 2.58. The molecule has 0 fully saturated rings. The van der Waals surface area contributed by atoms with Crippen LogP contribution in [-0.4, -0.2) is 19.0 Å². The Bertz CT molecular complexity index is 1640. The van der Waals surface area contributed by atoms with Gasteiger partial charge in [-0.15, -0.1) is 0 Å². The highest BCUT2D eigenvalue weighted by atomic mass is 31.1. The van der Waals surface area contributed by atoms with Crippen LogP contribution in [0.3, 0.4) is 0 Å². The van der Waals surface area contributed by atoms with Crippen LogP contribution in [0, 0.1) is 13.8 Å². The lowest BCUT2D eigenvalue weighted by Gasteiger charge is -2.34. The Morgan fingerprint density at radius 3 is 1.76 bits per heavy atom. The molecule has 2 aliphatic carbocycles. The zero-order valence-corrected chi connectivity index (χ0v) is 26.1. The number of ether oxygens (including phenoxy) is 1. The lowest BCUT2D eigenvalue weighted by Crippen LogP contribution is -2.34. The van der Waals surface area contributed by atoms with E-state index in [9.17, 15) is 0 Å². The van der Waals surface area contributed by atoms with Gasteiger partial charge in [-0.25, -0.2) is 4.99 Å². The van der Waals surface area contributed by atoms with Crippen molar-refractivity contribution in [3.63, 3.8) is 0 Å². The van der Waals surface area contributed by atoms with E-state index in [1.807, 2.05) is 0 Å². The Balaban J connectivity index is 1.59. The molecule has 3 heteroatoms. The minimum Gasteiger partial charge on any atom is -0.476 e. The summed E-state index contributed by atoms with van der Waals surface area (Å²) in [4.78, 5) is 4.88. The lowest BCUT2D eigenvalue weighted by molar-refractivity contribution is 0.341. The molecule has 208 valence electrons. The number of benzene rings is 4. The predicted octanol–water partition coefficient (Wildman–Crippen LogP) is 7.49. The molecule has 2 nitrogen and oxygen atoms in total. The van der Waals surface area contributed by atoms with Crippen LogP contribution >= 0.6 is 7.92 Å². The fourth-order valence-corrected chi connectivity index (χ4v) is 11.0. The fourth-order valence-electron chi connectivity index (χ4n) is 8.30. The second kappa shape index (κ2) is 9.40. The zero-order valence-electron chi connectivity index (χ0n) is 25.2. The van der Waals surface area contributed by atoms with E-state index < -0.39 is 7.92 Å². The van der Waals surface area contributed by atoms with Crippen molar-refractivity contribution < 1.29 is 4.74 Å². The first-order valence-electron chi connectivity index (χ1n) is 15.0. The monoisotopic (exact) mass is 557 g/mol. The van der Waals surface area contributed by atoms with Gasteiger partial charge >= 0.3 is 0 Å². The Hall–Kier alpha value is -3.22. The average molecular weight is 558 g/mol. The van der Waals surface area contributed by atoms with Crippen LogP contribution in [0.2, 0.25) is 0 Å². The fraction of sp³-hybridized carbons (Fsp3) is 0.342. The Morgan fingerprint density at radius 2 is 1.22 bits per heavy atom. The molecule has 0 radical (unpaired) electrons. The van der Waals surface area contributed by atoms with Crippen LogP contribution in [0.25, 0.3) is 0 Å². The number of hydrogen-bond donors (Lipinski definition) is 0. The van der Waals surface area contributed by atoms with Crippen LogP contribution in [0.15, 0.2) is 89.9 Å². The van der Waals surface area contributed by atoms with E-state index in [-0.39, 0.29) is 16.2 Å². The molecule has 7 rings (SSSR count). The lowest BCUT2D eigenvalue weighted by atomic mass is 9.71. The molecular weight excluding hydrogens is 517 g/mol. The molecule has 4 aromatic carbocycles. The Labute approximate surface area is 246 Å². The van der Waals surface area contributed by atoms with Gasteiger partial charge in [0.25, 0.3) is 0 Å². The highest BCUT2D eigenvalue weighted by molar-refractivity contribution is 7.80. The summed E-state index contributed by atoms with van der Waals surface area (Å²) in [5.41, 5.74) is 9.89. The van der Waals surface area contributed by atoms with E-state index >= 15 is 0 Å². The van der Waals surface area contributed by atoms with Gasteiger partial charge in [-0.1, -0.05) is 118 Å². The summed E-state index contributed by atoms with van der Waals surface area (Å²) in [6.45, 7) is 15.8. The summed E-state index contributed by atoms with van der Waals surface area (Å²) >= 11 is 0. The van der Waals surface area contributed by atoms with Gasteiger partial charge in [0.15, 0.2) is 0 Å². The van der Waals surface area contributed by atoms with Crippen LogP contribution in [0.4, 0.5) is 0 Å². The van der Waals surface area contributed by atoms with Crippen molar-refractivity contribution in [1.82, 2.24) is 0 Å². The summed E-state index contributed by atoms with van der Waals surface area (Å²) in [7, 11) is -0.756. The average Bonchev–Trinajstić information content (AvgIpc) is 3.60. The van der Waals surface area contributed by atoms with Crippen LogP contribution in [0.5, 0.6) is 0 Å². The van der Waals surface area contributed by atoms with Crippen molar-refractivity contribution in [3.05, 3.63) is 124 Å². The molecule has 0 N–H and O–H groups in total. The quantitative estimate of drug-likeness (QED) is 0.238. The molecule has 41 heavy (non-hydrogen) atoms. The number of rotatable bonds is 4. The van der Waals surface area contributed by atoms with Gasteiger partial charge < -0.3 is 4.74 Å². The van der Waals surface area contributed by atoms with E-state index in [2.05, 4.69) is 126 Å². The molecule has 4 aromatic rings. The van der Waals surface area contributed by atoms with Crippen molar-refractivity contribution in [2.75, 3.05) is 13.2 Å². The topological polar surface area (TPSA) is 21.6 Å². The molecule has 1 heterocycles. The van der Waals surface area contributed by atoms with Crippen molar-refractivity contribution in [2.24, 2.45) is 4.99 Å². The number of aliphatic imine (C=N–C) groups is 1. The smallest absolute Gasteiger partial charge is 0.216 e. The molecule has 3 aliphatic rings. The minimum absolute atomic E-state index is 0.0391. The summed E-state index contributed by atoms with van der Waals surface area (Å²) in [5, 5.41) is 4.33. The van der Waals surface area contributed by atoms with E-state index in [4.69, 9.17) is 9.73 Å². The zero-order chi connectivity index (χ0) is 28.6. The summed E-state index contributed by atoms with van der Waals surface area (Å²) < 4.78 is 6.22. The third-order valence-corrected chi connectivity index (χ3v) is 12.0. The predicted molar refractivity (Wildman–Crippen MR) is 174 cm³/mol. The van der Waals surface area contributed by atoms with Crippen molar-refractivity contribution in [3.8, 4) is 0 Å². The maximum atomic E-state index is 6.22. The van der Waals surface area contributed by atoms with Gasteiger partial charge in [-0.2, -0.15) is 0 Å². The first-order chi connectivity index (χ1) is 19.6. The molecule has 0 saturated carbocycles. The van der Waals surface area contributed by atoms with Gasteiger partial charge in [0.2, 0.25) is 5.90 Å². The molecule has 1 atom stereocenters. The van der Waals surface area contributed by atoms with Gasteiger partial charge in [0.1, 0.15) is 6.61 Å². The SMILES string of the molecule is Cc1cc(C2=NCCO2)c2c(c1)C(C)(C)CC21CC(C)(C)c2cc(C)cc(P(c3ccccc3)c3ccccc3)c21. The van der Waals surface area contributed by atoms with Crippen molar-refractivity contribution in [1.29, 1.82) is 0 Å². The first kappa shape index (κ1) is 26.7. The molecular formula is C38H40NOP. The van der Waals surface area contributed by atoms with Gasteiger partial charge in [-0.05, 0) is 89.7 Å². The largest absolute Gasteiger partial charge is 0.476 e.